The van der Waals surface area contributed by atoms with E-state index >= 15 is 0 Å². The molecule has 0 aromatic heterocycles. The van der Waals surface area contributed by atoms with Crippen LogP contribution in [-0.4, -0.2) is 557 Å². The van der Waals surface area contributed by atoms with Crippen molar-refractivity contribution in [2.75, 3.05) is 66.1 Å². The molecular weight excluding hydrogens is 1840 g/mol. The fourth-order valence-electron chi connectivity index (χ4n) is 16.0. The van der Waals surface area contributed by atoms with Gasteiger partial charge in [0.25, 0.3) is 11.6 Å². The van der Waals surface area contributed by atoms with Gasteiger partial charge < -0.3 is 274 Å². The van der Waals surface area contributed by atoms with Crippen molar-refractivity contribution < 1.29 is 290 Å². The van der Waals surface area contributed by atoms with Crippen LogP contribution in [0.15, 0.2) is 0 Å². The molecule has 0 radical (unpaired) electrons. The zero-order valence-corrected chi connectivity index (χ0v) is 69.4. The lowest BCUT2D eigenvalue weighted by Crippen LogP contribution is -2.71. The molecule has 50 atom stereocenters. The minimum Gasteiger partial charge on any atom is -0.477 e. The summed E-state index contributed by atoms with van der Waals surface area (Å²) in [6, 6.07) is -5.99. The standard InChI is InChI=1S/C66H113N3O59P2/c1-14(77)69-29-39(90)31(82)19(6-72)111-57(29)122-54-43(94)35(86)23(10-76)115-62(54)120-51-25(12-109-61-53(42(93)34(85)22(9-75)114-61)123-59-45(96)41(92)33(84)21(8-74)113-59)118-60(46(97)52(51)121-58-44(95)40(91)32(83)20(7-73)112-58)119-50-18(124-66(64(100)101)2-15(78)30(81)47(125-66)16(79)4-70)3-65(63(98)99,126-48(50)17(80)5-71)110-13-26-49(127-129(102,103)104)38(89)28(68)55(117-26)108-11-24-36(87)37(88)27(67)56(116-24)128-130(105,106)107/h15-62,70-76,78-97H,2-13,67-68H2,1H3,(H,69,77)(H,98,99)(H,100,101)(H2,102,103,104)(H2,105,106,107)/t15-,16-,17-,18-,19-,20-,21-,22-,23-,24-,25-,26-,27-,28-,29-,30-,31-,32-,33-,34-,35-,36-,37-,38-,39-,40+,41+,42+,43+,44-,45-,46-,47-,48-,49-,50-,51-,52-,53-,54-,55-,56-,57-,58+,59-,60-,61-,62+,65-,66-/m1/s1. The van der Waals surface area contributed by atoms with Crippen molar-refractivity contribution in [3.05, 3.63) is 0 Å². The minimum atomic E-state index is -5.98. The van der Waals surface area contributed by atoms with Crippen molar-refractivity contribution in [3.8, 4) is 0 Å². The molecule has 0 unspecified atom stereocenters. The van der Waals surface area contributed by atoms with Crippen LogP contribution in [0.5, 0.6) is 0 Å². The van der Waals surface area contributed by atoms with Gasteiger partial charge in [-0.2, -0.15) is 0 Å². The average Bonchev–Trinajstić information content (AvgIpc) is 0.731. The maximum Gasteiger partial charge on any atom is 0.471 e. The third-order valence-electron chi connectivity index (χ3n) is 23.1. The smallest absolute Gasteiger partial charge is 0.471 e. The van der Waals surface area contributed by atoms with Gasteiger partial charge in [-0.15, -0.1) is 0 Å². The number of ether oxygens (including phenoxy) is 19. The number of hydrogen-bond donors (Lipinski definition) is 36. The second-order valence-corrected chi connectivity index (χ2v) is 34.4. The molecule has 0 bridgehead atoms. The van der Waals surface area contributed by atoms with Crippen LogP contribution in [0.3, 0.4) is 0 Å². The number of amides is 1. The summed E-state index contributed by atoms with van der Waals surface area (Å²) in [5.74, 6) is -13.6. The third kappa shape index (κ3) is 24.0. The molecule has 130 heavy (non-hydrogen) atoms. The molecule has 10 aliphatic heterocycles. The van der Waals surface area contributed by atoms with E-state index in [0.29, 0.717) is 0 Å². The van der Waals surface area contributed by atoms with Gasteiger partial charge in [-0.05, 0) is 0 Å². The number of aliphatic hydroxyl groups is 27. The van der Waals surface area contributed by atoms with Gasteiger partial charge in [0.2, 0.25) is 5.91 Å². The Morgan fingerprint density at radius 2 is 0.762 bits per heavy atom. The molecular formula is C66H113N3O59P2. The Morgan fingerprint density at radius 3 is 1.27 bits per heavy atom. The van der Waals surface area contributed by atoms with Gasteiger partial charge in [-0.1, -0.05) is 0 Å². The van der Waals surface area contributed by atoms with E-state index in [1.54, 1.807) is 0 Å². The SMILES string of the molecule is CC(=O)N[C@H]1[C@@H](O[C@H]2[C@H](O[C@H]3[C@H](O[C@@H]4O[C@H](CO)[C@@H](O)[C@H](O)[C@H]4O)[C@@H](O)[C@@H](O[C@H]4[C@@H]([C@H](O)CO)O[C@@](OC[C@H]5O[C@@H](OC[C@H]6O[C@H](OP(=O)(O)O)[C@H](N)[C@@H](O)[C@@H]6O)[C@H](N)[C@@H](O)[C@@H]5OP(=O)(O)O)(C(=O)O)C[C@H]4O[C@]4(C(=O)O)C[C@@H](O)[C@@H](O)[C@@H]([C@H](O)CO)O4)O[C@@H]3CO[C@@H]3O[C@H](CO)[C@@H](O)[C@H](O)[C@H]3O[C@H]3O[C@H](CO)[C@@H](O)[C@H](O)[C@H]3O)O[C@H](CO)[C@@H](O)[C@@H]2O)O[C@H](CO)[C@@H](O)[C@@H]1O. The van der Waals surface area contributed by atoms with Crippen molar-refractivity contribution in [2.24, 2.45) is 11.5 Å². The molecule has 10 rings (SSSR count). The molecule has 0 saturated carbocycles. The molecule has 756 valence electrons. The van der Waals surface area contributed by atoms with Gasteiger partial charge in [0, 0.05) is 19.8 Å². The number of hydrogen-bond acceptors (Lipinski definition) is 55. The minimum absolute atomic E-state index is 0.887. The van der Waals surface area contributed by atoms with Gasteiger partial charge in [0.05, 0.1) is 90.4 Å². The Bertz CT molecular complexity index is 3690. The Kier molecular flexibility index (Phi) is 37.9. The Balaban J connectivity index is 1.12. The molecule has 1 amide bonds. The summed E-state index contributed by atoms with van der Waals surface area (Å²) in [5.41, 5.74) is 12.0. The number of rotatable bonds is 37. The van der Waals surface area contributed by atoms with Crippen LogP contribution in [0.2, 0.25) is 0 Å². The summed E-state index contributed by atoms with van der Waals surface area (Å²) in [7, 11) is -11.5. The summed E-state index contributed by atoms with van der Waals surface area (Å²) in [5, 5.41) is 327. The molecule has 0 spiro atoms. The van der Waals surface area contributed by atoms with Crippen LogP contribution >= 0.6 is 15.6 Å². The lowest BCUT2D eigenvalue weighted by Gasteiger charge is -2.53. The number of aliphatic carboxylic acids is 2. The summed E-state index contributed by atoms with van der Waals surface area (Å²) < 4.78 is 147. The number of carboxylic acids is 2. The summed E-state index contributed by atoms with van der Waals surface area (Å²) in [6.45, 7) is -12.8. The molecule has 62 nitrogen and oxygen atoms in total. The van der Waals surface area contributed by atoms with E-state index in [-0.39, 0.29) is 0 Å². The van der Waals surface area contributed by atoms with E-state index in [0.717, 1.165) is 6.92 Å². The summed E-state index contributed by atoms with van der Waals surface area (Å²) >= 11 is 0. The van der Waals surface area contributed by atoms with Crippen LogP contribution in [0.1, 0.15) is 19.8 Å². The van der Waals surface area contributed by atoms with Crippen LogP contribution in [0.4, 0.5) is 0 Å². The van der Waals surface area contributed by atoms with Gasteiger partial charge in [0.1, 0.15) is 220 Å². The first-order valence-corrected chi connectivity index (χ1v) is 43.0. The second kappa shape index (κ2) is 45.3. The molecule has 38 N–H and O–H groups in total. The highest BCUT2D eigenvalue weighted by Crippen LogP contribution is 2.48. The Morgan fingerprint density at radius 1 is 0.377 bits per heavy atom. The number of nitrogens with one attached hydrogen (secondary N) is 1. The van der Waals surface area contributed by atoms with Crippen LogP contribution in [0, 0.1) is 0 Å². The quantitative estimate of drug-likeness (QED) is 0.0257. The summed E-state index contributed by atoms with van der Waals surface area (Å²) in [6.07, 6.45) is -113. The molecule has 10 saturated heterocycles. The molecule has 0 aliphatic carbocycles. The van der Waals surface area contributed by atoms with Crippen molar-refractivity contribution in [3.63, 3.8) is 0 Å². The number of aliphatic hydroxyl groups excluding tert-OH is 27. The van der Waals surface area contributed by atoms with Crippen LogP contribution in [-0.2, 0) is 123 Å². The molecule has 10 fully saturated rings. The lowest BCUT2D eigenvalue weighted by atomic mass is 9.89. The Labute approximate surface area is 730 Å². The first kappa shape index (κ1) is 109. The zero-order chi connectivity index (χ0) is 96.5. The lowest BCUT2D eigenvalue weighted by molar-refractivity contribution is -0.419. The van der Waals surface area contributed by atoms with E-state index in [2.05, 4.69) is 9.84 Å². The summed E-state index contributed by atoms with van der Waals surface area (Å²) in [4.78, 5) is 80.7. The third-order valence-corrected chi connectivity index (χ3v) is 24.1. The number of nitrogens with two attached hydrogens (primary N) is 2. The molecule has 10 aliphatic rings. The van der Waals surface area contributed by atoms with Gasteiger partial charge in [-0.25, -0.2) is 18.7 Å². The van der Waals surface area contributed by atoms with Crippen molar-refractivity contribution in [2.45, 2.75) is 326 Å². The van der Waals surface area contributed by atoms with E-state index in [1.807, 2.05) is 0 Å². The number of carbonyl (C=O) groups is 3. The fraction of sp³-hybridized carbons (Fsp3) is 0.955. The first-order valence-electron chi connectivity index (χ1n) is 39.9. The largest absolute Gasteiger partial charge is 0.477 e. The molecule has 0 aromatic carbocycles. The predicted molar refractivity (Wildman–Crippen MR) is 389 cm³/mol. The van der Waals surface area contributed by atoms with Gasteiger partial charge >= 0.3 is 27.6 Å². The molecule has 10 heterocycles. The maximum absolute atomic E-state index is 14.4. The second-order valence-electron chi connectivity index (χ2n) is 32.0. The highest BCUT2D eigenvalue weighted by molar-refractivity contribution is 7.46. The maximum atomic E-state index is 14.4. The number of phosphoric ester groups is 2. The molecule has 0 aromatic rings. The Hall–Kier alpha value is -3.29. The monoisotopic (exact) mass is 1950 g/mol. The highest BCUT2D eigenvalue weighted by Gasteiger charge is 2.66. The normalized spacial score (nSPS) is 48.3. The van der Waals surface area contributed by atoms with E-state index in [1.165, 1.54) is 0 Å². The van der Waals surface area contributed by atoms with E-state index in [9.17, 15) is 191 Å². The first-order chi connectivity index (χ1) is 60.9. The average molecular weight is 1950 g/mol. The van der Waals surface area contributed by atoms with Crippen molar-refractivity contribution in [1.29, 1.82) is 0 Å². The van der Waals surface area contributed by atoms with E-state index in [4.69, 9.17) is 106 Å². The van der Waals surface area contributed by atoms with Gasteiger partial charge in [-0.3, -0.25) is 13.8 Å². The number of carboxylic acid groups (broad SMARTS) is 2. The fourth-order valence-corrected chi connectivity index (χ4v) is 17.1. The van der Waals surface area contributed by atoms with Crippen LogP contribution in [0.25, 0.3) is 0 Å². The van der Waals surface area contributed by atoms with Gasteiger partial charge in [0.15, 0.2) is 50.3 Å². The highest BCUT2D eigenvalue weighted by atomic mass is 31.2. The predicted octanol–water partition coefficient (Wildman–Crippen LogP) is -22.8. The van der Waals surface area contributed by atoms with Crippen LogP contribution < -0.4 is 16.8 Å². The topological polar surface area (TPSA) is 1010 Å². The zero-order valence-electron chi connectivity index (χ0n) is 67.6. The van der Waals surface area contributed by atoms with Crippen molar-refractivity contribution in [1.82, 2.24) is 5.32 Å². The number of phosphoric acid groups is 2. The van der Waals surface area contributed by atoms with Crippen molar-refractivity contribution >= 4 is 33.5 Å². The number of carbonyl (C=O) groups excluding carboxylic acids is 1. The van der Waals surface area contributed by atoms with E-state index < -0.39 is 418 Å². The molecule has 64 heteroatoms.